The number of amides is 1. The number of carbonyl (C=O) groups excluding carboxylic acids is 1. The Bertz CT molecular complexity index is 851. The van der Waals surface area contributed by atoms with Gasteiger partial charge in [-0.2, -0.15) is 0 Å². The van der Waals surface area contributed by atoms with E-state index in [4.69, 9.17) is 4.74 Å². The molecular weight excluding hydrogens is 518 g/mol. The number of piperazine rings is 1. The number of ether oxygens (including phenoxy) is 1. The van der Waals surface area contributed by atoms with Gasteiger partial charge in [0, 0.05) is 35.1 Å². The Morgan fingerprint density at radius 2 is 1.92 bits per heavy atom. The molecule has 0 spiro atoms. The molecule has 2 heterocycles. The maximum absolute atomic E-state index is 14.5. The fourth-order valence-corrected chi connectivity index (χ4v) is 3.62. The van der Waals surface area contributed by atoms with Gasteiger partial charge in [0.2, 0.25) is 0 Å². The number of benzene rings is 1. The van der Waals surface area contributed by atoms with Crippen LogP contribution in [0, 0.1) is 9.39 Å². The maximum Gasteiger partial charge on any atom is 0.410 e. The SMILES string of the molecule is CC(C)(C)OC(=O)N1CCN(c2ncnc3c(F)c(Br)c(I)cc23)CC1. The highest BCUT2D eigenvalue weighted by molar-refractivity contribution is 14.1. The van der Waals surface area contributed by atoms with E-state index in [0.29, 0.717) is 41.9 Å². The van der Waals surface area contributed by atoms with Crippen molar-refractivity contribution in [2.75, 3.05) is 31.1 Å². The first-order chi connectivity index (χ1) is 12.2. The molecule has 26 heavy (non-hydrogen) atoms. The summed E-state index contributed by atoms with van der Waals surface area (Å²) in [6, 6.07) is 1.87. The molecule has 140 valence electrons. The van der Waals surface area contributed by atoms with Gasteiger partial charge in [-0.3, -0.25) is 0 Å². The van der Waals surface area contributed by atoms with Crippen LogP contribution in [0.1, 0.15) is 20.8 Å². The van der Waals surface area contributed by atoms with Crippen molar-refractivity contribution < 1.29 is 13.9 Å². The minimum absolute atomic E-state index is 0.289. The number of anilines is 1. The van der Waals surface area contributed by atoms with E-state index in [-0.39, 0.29) is 17.4 Å². The van der Waals surface area contributed by atoms with Gasteiger partial charge in [-0.25, -0.2) is 19.2 Å². The topological polar surface area (TPSA) is 58.6 Å². The highest BCUT2D eigenvalue weighted by atomic mass is 127. The van der Waals surface area contributed by atoms with Crippen molar-refractivity contribution in [1.29, 1.82) is 0 Å². The van der Waals surface area contributed by atoms with Crippen LogP contribution in [-0.4, -0.2) is 52.7 Å². The van der Waals surface area contributed by atoms with Gasteiger partial charge in [0.15, 0.2) is 5.82 Å². The molecule has 1 aliphatic heterocycles. The molecule has 0 radical (unpaired) electrons. The number of halogens is 3. The number of hydrogen-bond donors (Lipinski definition) is 0. The van der Waals surface area contributed by atoms with Crippen molar-refractivity contribution >= 4 is 61.3 Å². The van der Waals surface area contributed by atoms with E-state index in [1.54, 1.807) is 4.90 Å². The quantitative estimate of drug-likeness (QED) is 0.404. The lowest BCUT2D eigenvalue weighted by atomic mass is 10.2. The van der Waals surface area contributed by atoms with Gasteiger partial charge >= 0.3 is 6.09 Å². The summed E-state index contributed by atoms with van der Waals surface area (Å²) >= 11 is 5.33. The molecule has 0 N–H and O–H groups in total. The van der Waals surface area contributed by atoms with Crippen molar-refractivity contribution in [2.24, 2.45) is 0 Å². The van der Waals surface area contributed by atoms with Crippen LogP contribution in [0.15, 0.2) is 16.9 Å². The van der Waals surface area contributed by atoms with Gasteiger partial charge < -0.3 is 14.5 Å². The van der Waals surface area contributed by atoms with Crippen LogP contribution in [-0.2, 0) is 4.74 Å². The van der Waals surface area contributed by atoms with Gasteiger partial charge in [0.05, 0.1) is 4.47 Å². The summed E-state index contributed by atoms with van der Waals surface area (Å²) in [7, 11) is 0. The minimum atomic E-state index is -0.515. The van der Waals surface area contributed by atoms with Gasteiger partial charge in [0.25, 0.3) is 0 Å². The second-order valence-corrected chi connectivity index (χ2v) is 8.99. The Balaban J connectivity index is 1.81. The Labute approximate surface area is 173 Å². The lowest BCUT2D eigenvalue weighted by Gasteiger charge is -2.36. The van der Waals surface area contributed by atoms with Crippen LogP contribution < -0.4 is 4.90 Å². The Morgan fingerprint density at radius 3 is 2.54 bits per heavy atom. The van der Waals surface area contributed by atoms with E-state index >= 15 is 0 Å². The number of aromatic nitrogens is 2. The zero-order valence-electron chi connectivity index (χ0n) is 14.7. The molecule has 1 aromatic carbocycles. The number of rotatable bonds is 1. The first kappa shape index (κ1) is 19.5. The average molecular weight is 537 g/mol. The molecule has 3 rings (SSSR count). The standard InChI is InChI=1S/C17H19BrFIN4O2/c1-17(2,3)26-16(25)24-6-4-23(5-7-24)15-10-8-11(20)12(18)13(19)14(10)21-9-22-15/h8-9H,4-7H2,1-3H3. The van der Waals surface area contributed by atoms with E-state index in [0.717, 1.165) is 3.57 Å². The molecule has 2 aromatic rings. The van der Waals surface area contributed by atoms with Crippen LogP contribution in [0.25, 0.3) is 10.9 Å². The van der Waals surface area contributed by atoms with Crippen LogP contribution in [0.2, 0.25) is 0 Å². The fraction of sp³-hybridized carbons (Fsp3) is 0.471. The number of fused-ring (bicyclic) bond motifs is 1. The number of hydrogen-bond acceptors (Lipinski definition) is 5. The Kier molecular flexibility index (Phi) is 5.57. The van der Waals surface area contributed by atoms with E-state index in [9.17, 15) is 9.18 Å². The molecule has 1 aromatic heterocycles. The van der Waals surface area contributed by atoms with Crippen LogP contribution in [0.4, 0.5) is 15.0 Å². The molecule has 1 aliphatic rings. The first-order valence-electron chi connectivity index (χ1n) is 8.18. The van der Waals surface area contributed by atoms with Crippen LogP contribution in [0.3, 0.4) is 0 Å². The summed E-state index contributed by atoms with van der Waals surface area (Å²) in [6.07, 6.45) is 1.06. The highest BCUT2D eigenvalue weighted by Crippen LogP contribution is 2.33. The molecule has 0 bridgehead atoms. The molecule has 0 saturated carbocycles. The predicted octanol–water partition coefficient (Wildman–Crippen LogP) is 4.19. The molecule has 0 atom stereocenters. The molecule has 1 fully saturated rings. The van der Waals surface area contributed by atoms with Crippen molar-refractivity contribution in [2.45, 2.75) is 26.4 Å². The van der Waals surface area contributed by atoms with Crippen molar-refractivity contribution in [3.8, 4) is 0 Å². The Morgan fingerprint density at radius 1 is 1.27 bits per heavy atom. The molecule has 1 saturated heterocycles. The molecule has 0 unspecified atom stereocenters. The molecule has 0 aliphatic carbocycles. The summed E-state index contributed by atoms with van der Waals surface area (Å²) in [5.41, 5.74) is -0.226. The van der Waals surface area contributed by atoms with Crippen molar-refractivity contribution in [1.82, 2.24) is 14.9 Å². The van der Waals surface area contributed by atoms with Gasteiger partial charge in [-0.05, 0) is 65.4 Å². The fourth-order valence-electron chi connectivity index (χ4n) is 2.77. The summed E-state index contributed by atoms with van der Waals surface area (Å²) in [5.74, 6) is 0.297. The van der Waals surface area contributed by atoms with E-state index in [2.05, 4.69) is 48.5 Å². The summed E-state index contributed by atoms with van der Waals surface area (Å²) < 4.78 is 21.1. The third-order valence-electron chi connectivity index (χ3n) is 3.98. The van der Waals surface area contributed by atoms with Crippen LogP contribution >= 0.6 is 38.5 Å². The normalized spacial score (nSPS) is 15.5. The second-order valence-electron chi connectivity index (χ2n) is 7.03. The maximum atomic E-state index is 14.5. The molecule has 9 heteroatoms. The largest absolute Gasteiger partial charge is 0.444 e. The monoisotopic (exact) mass is 536 g/mol. The van der Waals surface area contributed by atoms with E-state index in [1.807, 2.05) is 31.7 Å². The van der Waals surface area contributed by atoms with E-state index < -0.39 is 5.60 Å². The third kappa shape index (κ3) is 4.03. The van der Waals surface area contributed by atoms with Gasteiger partial charge in [-0.15, -0.1) is 0 Å². The average Bonchev–Trinajstić information content (AvgIpc) is 2.58. The van der Waals surface area contributed by atoms with E-state index in [1.165, 1.54) is 6.33 Å². The molecular formula is C17H19BrFIN4O2. The minimum Gasteiger partial charge on any atom is -0.444 e. The number of nitrogens with zero attached hydrogens (tertiary/aromatic N) is 4. The van der Waals surface area contributed by atoms with Crippen molar-refractivity contribution in [3.05, 3.63) is 26.3 Å². The smallest absolute Gasteiger partial charge is 0.410 e. The number of carbonyl (C=O) groups is 1. The molecule has 1 amide bonds. The van der Waals surface area contributed by atoms with Crippen LogP contribution in [0.5, 0.6) is 0 Å². The van der Waals surface area contributed by atoms with Crippen molar-refractivity contribution in [3.63, 3.8) is 0 Å². The first-order valence-corrected chi connectivity index (χ1v) is 10.1. The second kappa shape index (κ2) is 7.41. The Hall–Kier alpha value is -1.23. The summed E-state index contributed by atoms with van der Waals surface area (Å²) in [6.45, 7) is 7.79. The third-order valence-corrected chi connectivity index (χ3v) is 6.34. The molecule has 6 nitrogen and oxygen atoms in total. The summed E-state index contributed by atoms with van der Waals surface area (Å²) in [4.78, 5) is 24.4. The zero-order chi connectivity index (χ0) is 19.1. The lowest BCUT2D eigenvalue weighted by molar-refractivity contribution is 0.0240. The summed E-state index contributed by atoms with van der Waals surface area (Å²) in [5, 5.41) is 0.670. The zero-order valence-corrected chi connectivity index (χ0v) is 18.5. The predicted molar refractivity (Wildman–Crippen MR) is 110 cm³/mol. The van der Waals surface area contributed by atoms with Gasteiger partial charge in [0.1, 0.15) is 23.3 Å². The van der Waals surface area contributed by atoms with Gasteiger partial charge in [-0.1, -0.05) is 0 Å². The lowest BCUT2D eigenvalue weighted by Crippen LogP contribution is -2.50. The highest BCUT2D eigenvalue weighted by Gasteiger charge is 2.27.